The van der Waals surface area contributed by atoms with Gasteiger partial charge in [0.15, 0.2) is 11.0 Å². The molecule has 31 heavy (non-hydrogen) atoms. The van der Waals surface area contributed by atoms with Gasteiger partial charge >= 0.3 is 0 Å². The van der Waals surface area contributed by atoms with Crippen LogP contribution in [0.15, 0.2) is 60.0 Å². The molecule has 2 aromatic heterocycles. The molecular weight excluding hydrogens is 408 g/mol. The second kappa shape index (κ2) is 8.80. The highest BCUT2D eigenvalue weighted by Crippen LogP contribution is 2.33. The first-order valence-corrected chi connectivity index (χ1v) is 11.7. The molecule has 8 heteroatoms. The van der Waals surface area contributed by atoms with E-state index in [0.29, 0.717) is 0 Å². The van der Waals surface area contributed by atoms with Crippen molar-refractivity contribution >= 4 is 17.7 Å². The lowest BCUT2D eigenvalue weighted by atomic mass is 9.82. The fourth-order valence-electron chi connectivity index (χ4n) is 4.51. The topological polar surface area (TPSA) is 84.7 Å². The minimum absolute atomic E-state index is 0.0868. The number of hydrogen-bond donors (Lipinski definition) is 2. The maximum absolute atomic E-state index is 12.7. The van der Waals surface area contributed by atoms with Gasteiger partial charge in [-0.15, -0.1) is 10.2 Å². The minimum Gasteiger partial charge on any atom is -0.339 e. The van der Waals surface area contributed by atoms with E-state index in [1.807, 2.05) is 30.3 Å². The average Bonchev–Trinajstić information content (AvgIpc) is 3.23. The van der Waals surface area contributed by atoms with Gasteiger partial charge in [0.2, 0.25) is 5.91 Å². The molecule has 1 aromatic carbocycles. The SMILES string of the molecule is CC(Sc1nnc(-c2ccncc2)n1-c1ccccc1)C1NC(=O)C2CCCCC2N1. The van der Waals surface area contributed by atoms with E-state index in [4.69, 9.17) is 0 Å². The first-order chi connectivity index (χ1) is 15.2. The Kier molecular flexibility index (Phi) is 5.74. The Hall–Kier alpha value is -2.71. The molecule has 2 fully saturated rings. The Morgan fingerprint density at radius 3 is 2.65 bits per heavy atom. The van der Waals surface area contributed by atoms with Crippen molar-refractivity contribution in [3.63, 3.8) is 0 Å². The normalized spacial score (nSPS) is 24.3. The number of para-hydroxylation sites is 1. The third-order valence-corrected chi connectivity index (χ3v) is 7.26. The molecule has 2 N–H and O–H groups in total. The molecule has 1 saturated carbocycles. The Morgan fingerprint density at radius 2 is 1.84 bits per heavy atom. The molecule has 3 aromatic rings. The number of thioether (sulfide) groups is 1. The number of fused-ring (bicyclic) bond motifs is 1. The molecule has 1 amide bonds. The van der Waals surface area contributed by atoms with Gasteiger partial charge in [0.1, 0.15) is 0 Å². The summed E-state index contributed by atoms with van der Waals surface area (Å²) in [6.07, 6.45) is 7.81. The zero-order chi connectivity index (χ0) is 21.2. The van der Waals surface area contributed by atoms with Crippen molar-refractivity contribution in [2.75, 3.05) is 0 Å². The van der Waals surface area contributed by atoms with Crippen LogP contribution in [0.1, 0.15) is 32.6 Å². The fraction of sp³-hybridized carbons (Fsp3) is 0.391. The number of amides is 1. The summed E-state index contributed by atoms with van der Waals surface area (Å²) in [5, 5.41) is 16.8. The maximum atomic E-state index is 12.7. The molecule has 1 aliphatic carbocycles. The second-order valence-corrected chi connectivity index (χ2v) is 9.53. The van der Waals surface area contributed by atoms with E-state index in [9.17, 15) is 4.79 Å². The number of carbonyl (C=O) groups excluding carboxylic acids is 1. The van der Waals surface area contributed by atoms with Gasteiger partial charge < -0.3 is 5.32 Å². The number of carbonyl (C=O) groups is 1. The summed E-state index contributed by atoms with van der Waals surface area (Å²) in [4.78, 5) is 16.8. The van der Waals surface area contributed by atoms with Gasteiger partial charge in [-0.2, -0.15) is 0 Å². The molecule has 1 saturated heterocycles. The molecule has 3 heterocycles. The van der Waals surface area contributed by atoms with Crippen LogP contribution in [0.5, 0.6) is 0 Å². The lowest BCUT2D eigenvalue weighted by molar-refractivity contribution is -0.130. The van der Waals surface area contributed by atoms with Crippen molar-refractivity contribution in [1.82, 2.24) is 30.4 Å². The van der Waals surface area contributed by atoms with Crippen LogP contribution in [0, 0.1) is 5.92 Å². The lowest BCUT2D eigenvalue weighted by Gasteiger charge is -2.41. The Balaban J connectivity index is 1.43. The largest absolute Gasteiger partial charge is 0.339 e. The van der Waals surface area contributed by atoms with Gasteiger partial charge in [-0.3, -0.25) is 19.7 Å². The smallest absolute Gasteiger partial charge is 0.225 e. The van der Waals surface area contributed by atoms with Crippen molar-refractivity contribution in [2.24, 2.45) is 5.92 Å². The molecule has 0 bridgehead atoms. The maximum Gasteiger partial charge on any atom is 0.225 e. The summed E-state index contributed by atoms with van der Waals surface area (Å²) >= 11 is 1.62. The molecule has 160 valence electrons. The molecule has 7 nitrogen and oxygen atoms in total. The average molecular weight is 435 g/mol. The van der Waals surface area contributed by atoms with Crippen LogP contribution >= 0.6 is 11.8 Å². The highest BCUT2D eigenvalue weighted by molar-refractivity contribution is 7.99. The van der Waals surface area contributed by atoms with Crippen molar-refractivity contribution in [2.45, 2.75) is 55.2 Å². The zero-order valence-corrected chi connectivity index (χ0v) is 18.3. The van der Waals surface area contributed by atoms with Crippen molar-refractivity contribution in [1.29, 1.82) is 0 Å². The zero-order valence-electron chi connectivity index (χ0n) is 17.4. The highest BCUT2D eigenvalue weighted by Gasteiger charge is 2.39. The summed E-state index contributed by atoms with van der Waals surface area (Å²) in [6.45, 7) is 2.13. The van der Waals surface area contributed by atoms with E-state index in [1.165, 1.54) is 6.42 Å². The molecule has 1 aliphatic heterocycles. The number of rotatable bonds is 5. The van der Waals surface area contributed by atoms with E-state index in [-0.39, 0.29) is 29.3 Å². The molecular formula is C23H26N6OS. The van der Waals surface area contributed by atoms with Crippen LogP contribution in [0.4, 0.5) is 0 Å². The Bertz CT molecular complexity index is 1040. The molecule has 4 atom stereocenters. The summed E-state index contributed by atoms with van der Waals surface area (Å²) in [6, 6.07) is 14.3. The first kappa shape index (κ1) is 20.2. The van der Waals surface area contributed by atoms with Gasteiger partial charge in [-0.25, -0.2) is 0 Å². The van der Waals surface area contributed by atoms with E-state index in [1.54, 1.807) is 24.2 Å². The molecule has 5 rings (SSSR count). The Labute approximate surface area is 186 Å². The standard InChI is InChI=1S/C23H26N6OS/c1-15(20-25-19-10-6-5-9-18(19)22(30)26-20)31-23-28-27-21(16-11-13-24-14-12-16)29(23)17-7-3-2-4-8-17/h2-4,7-8,11-15,18-20,25H,5-6,9-10H2,1H3,(H,26,30). The van der Waals surface area contributed by atoms with Crippen molar-refractivity contribution in [3.05, 3.63) is 54.9 Å². The van der Waals surface area contributed by atoms with Crippen LogP contribution < -0.4 is 10.6 Å². The van der Waals surface area contributed by atoms with Gasteiger partial charge in [-0.05, 0) is 44.0 Å². The highest BCUT2D eigenvalue weighted by atomic mass is 32.2. The second-order valence-electron chi connectivity index (χ2n) is 8.19. The number of nitrogens with one attached hydrogen (secondary N) is 2. The molecule has 0 radical (unpaired) electrons. The number of aromatic nitrogens is 4. The van der Waals surface area contributed by atoms with E-state index >= 15 is 0 Å². The van der Waals surface area contributed by atoms with Crippen LogP contribution in [-0.2, 0) is 4.79 Å². The summed E-state index contributed by atoms with van der Waals surface area (Å²) in [5.41, 5.74) is 1.96. The number of pyridine rings is 1. The number of hydrogen-bond acceptors (Lipinski definition) is 6. The third-order valence-electron chi connectivity index (χ3n) is 6.14. The van der Waals surface area contributed by atoms with E-state index in [0.717, 1.165) is 41.5 Å². The molecule has 4 unspecified atom stereocenters. The molecule has 2 aliphatic rings. The van der Waals surface area contributed by atoms with E-state index < -0.39 is 0 Å². The lowest BCUT2D eigenvalue weighted by Crippen LogP contribution is -2.64. The van der Waals surface area contributed by atoms with Crippen LogP contribution in [0.3, 0.4) is 0 Å². The third kappa shape index (κ3) is 4.09. The predicted octanol–water partition coefficient (Wildman–Crippen LogP) is 3.41. The van der Waals surface area contributed by atoms with Crippen LogP contribution in [0.2, 0.25) is 0 Å². The minimum atomic E-state index is -0.0952. The van der Waals surface area contributed by atoms with Gasteiger partial charge in [0.05, 0.1) is 12.1 Å². The monoisotopic (exact) mass is 434 g/mol. The Morgan fingerprint density at radius 1 is 1.06 bits per heavy atom. The number of benzene rings is 1. The van der Waals surface area contributed by atoms with Gasteiger partial charge in [0.25, 0.3) is 0 Å². The van der Waals surface area contributed by atoms with Crippen molar-refractivity contribution < 1.29 is 4.79 Å². The quantitative estimate of drug-likeness (QED) is 0.599. The number of nitrogens with zero attached hydrogens (tertiary/aromatic N) is 4. The summed E-state index contributed by atoms with van der Waals surface area (Å²) in [7, 11) is 0. The van der Waals surface area contributed by atoms with Gasteiger partial charge in [-0.1, -0.05) is 42.8 Å². The van der Waals surface area contributed by atoms with Gasteiger partial charge in [0, 0.05) is 34.9 Å². The molecule has 0 spiro atoms. The van der Waals surface area contributed by atoms with Crippen molar-refractivity contribution in [3.8, 4) is 17.1 Å². The summed E-state index contributed by atoms with van der Waals surface area (Å²) in [5.74, 6) is 1.06. The first-order valence-electron chi connectivity index (χ1n) is 10.8. The summed E-state index contributed by atoms with van der Waals surface area (Å²) < 4.78 is 2.07. The van der Waals surface area contributed by atoms with Crippen LogP contribution in [0.25, 0.3) is 17.1 Å². The van der Waals surface area contributed by atoms with Crippen LogP contribution in [-0.4, -0.2) is 43.1 Å². The predicted molar refractivity (Wildman–Crippen MR) is 121 cm³/mol. The van der Waals surface area contributed by atoms with E-state index in [2.05, 4.69) is 49.4 Å². The fourth-order valence-corrected chi connectivity index (χ4v) is 5.51.